The molecule has 0 atom stereocenters. The zero-order valence-corrected chi connectivity index (χ0v) is 7.24. The van der Waals surface area contributed by atoms with Crippen LogP contribution in [0.15, 0.2) is 5.29 Å². The highest BCUT2D eigenvalue weighted by atomic mass is 16.3. The number of amides is 2. The van der Waals surface area contributed by atoms with Gasteiger partial charge in [0.2, 0.25) is 0 Å². The van der Waals surface area contributed by atoms with E-state index in [1.54, 1.807) is 7.05 Å². The molecule has 64 valence electrons. The SMILES string of the molecule is CC(C)N(C)C(=O)N(C)N=O. The molecule has 0 aliphatic carbocycles. The lowest BCUT2D eigenvalue weighted by Gasteiger charge is -2.22. The maximum Gasteiger partial charge on any atom is 0.342 e. The molecule has 0 rings (SSSR count). The molecular formula is C6H13N3O2. The Morgan fingerprint density at radius 1 is 1.36 bits per heavy atom. The van der Waals surface area contributed by atoms with Crippen LogP contribution >= 0.6 is 0 Å². The van der Waals surface area contributed by atoms with Gasteiger partial charge in [0.25, 0.3) is 0 Å². The summed E-state index contributed by atoms with van der Waals surface area (Å²) in [6.45, 7) is 3.72. The van der Waals surface area contributed by atoms with Crippen LogP contribution in [0.1, 0.15) is 13.8 Å². The number of nitroso groups, excluding NO2 is 1. The minimum Gasteiger partial charge on any atom is -0.324 e. The molecule has 0 saturated heterocycles. The number of carbonyl (C=O) groups excluding carboxylic acids is 1. The van der Waals surface area contributed by atoms with Gasteiger partial charge in [-0.2, -0.15) is 5.01 Å². The molecule has 5 heteroatoms. The summed E-state index contributed by atoms with van der Waals surface area (Å²) in [5, 5.41) is 3.25. The lowest BCUT2D eigenvalue weighted by atomic mass is 10.4. The molecule has 0 unspecified atom stereocenters. The Morgan fingerprint density at radius 2 is 1.82 bits per heavy atom. The van der Waals surface area contributed by atoms with Crippen molar-refractivity contribution in [1.82, 2.24) is 9.91 Å². The van der Waals surface area contributed by atoms with Crippen molar-refractivity contribution in [1.29, 1.82) is 0 Å². The van der Waals surface area contributed by atoms with Crippen LogP contribution in [0.4, 0.5) is 4.79 Å². The molecule has 0 fully saturated rings. The standard InChI is InChI=1S/C6H13N3O2/c1-5(2)8(3)6(10)9(4)7-11/h5H,1-4H3. The van der Waals surface area contributed by atoms with Crippen molar-refractivity contribution >= 4 is 6.03 Å². The van der Waals surface area contributed by atoms with Gasteiger partial charge < -0.3 is 4.90 Å². The molecule has 0 saturated carbocycles. The van der Waals surface area contributed by atoms with Crippen LogP contribution in [0.5, 0.6) is 0 Å². The zero-order chi connectivity index (χ0) is 9.02. The Bertz CT molecular complexity index is 158. The summed E-state index contributed by atoms with van der Waals surface area (Å²) >= 11 is 0. The molecule has 11 heavy (non-hydrogen) atoms. The van der Waals surface area contributed by atoms with Gasteiger partial charge in [-0.05, 0) is 13.8 Å². The van der Waals surface area contributed by atoms with E-state index < -0.39 is 6.03 Å². The normalized spacial score (nSPS) is 9.55. The minimum atomic E-state index is -0.394. The van der Waals surface area contributed by atoms with Gasteiger partial charge in [-0.25, -0.2) is 4.79 Å². The van der Waals surface area contributed by atoms with Crippen molar-refractivity contribution in [2.24, 2.45) is 5.29 Å². The highest BCUT2D eigenvalue weighted by molar-refractivity contribution is 5.73. The summed E-state index contributed by atoms with van der Waals surface area (Å²) in [5.74, 6) is 0. The van der Waals surface area contributed by atoms with Gasteiger partial charge in [0.1, 0.15) is 0 Å². The fourth-order valence-electron chi connectivity index (χ4n) is 0.484. The largest absolute Gasteiger partial charge is 0.342 e. The minimum absolute atomic E-state index is 0.0756. The van der Waals surface area contributed by atoms with Crippen molar-refractivity contribution in [3.8, 4) is 0 Å². The zero-order valence-electron chi connectivity index (χ0n) is 7.24. The predicted molar refractivity (Wildman–Crippen MR) is 41.9 cm³/mol. The van der Waals surface area contributed by atoms with E-state index >= 15 is 0 Å². The molecule has 0 radical (unpaired) electrons. The van der Waals surface area contributed by atoms with Crippen molar-refractivity contribution in [2.45, 2.75) is 19.9 Å². The lowest BCUT2D eigenvalue weighted by Crippen LogP contribution is -2.39. The summed E-state index contributed by atoms with van der Waals surface area (Å²) in [7, 11) is 2.95. The molecule has 0 spiro atoms. The molecule has 5 nitrogen and oxygen atoms in total. The van der Waals surface area contributed by atoms with Crippen LogP contribution in [-0.4, -0.2) is 36.1 Å². The second-order valence-corrected chi connectivity index (χ2v) is 2.59. The third-order valence-corrected chi connectivity index (χ3v) is 1.48. The van der Waals surface area contributed by atoms with E-state index in [2.05, 4.69) is 5.29 Å². The van der Waals surface area contributed by atoms with Gasteiger partial charge in [-0.1, -0.05) is 0 Å². The molecular weight excluding hydrogens is 146 g/mol. The van der Waals surface area contributed by atoms with Gasteiger partial charge in [0.15, 0.2) is 0 Å². The van der Waals surface area contributed by atoms with Gasteiger partial charge >= 0.3 is 6.03 Å². The number of hydrogen-bond donors (Lipinski definition) is 0. The van der Waals surface area contributed by atoms with Gasteiger partial charge in [-0.15, -0.1) is 4.91 Å². The molecule has 0 aromatic rings. The van der Waals surface area contributed by atoms with Crippen LogP contribution < -0.4 is 0 Å². The number of carbonyl (C=O) groups is 1. The van der Waals surface area contributed by atoms with Crippen LogP contribution in [0.3, 0.4) is 0 Å². The van der Waals surface area contributed by atoms with Crippen LogP contribution in [0.25, 0.3) is 0 Å². The van der Waals surface area contributed by atoms with Crippen molar-refractivity contribution < 1.29 is 4.79 Å². The van der Waals surface area contributed by atoms with Crippen molar-refractivity contribution in [3.05, 3.63) is 4.91 Å². The average Bonchev–Trinajstić information content (AvgIpc) is 2.00. The third kappa shape index (κ3) is 2.53. The Balaban J connectivity index is 4.12. The molecule has 2 amide bonds. The number of nitrogens with zero attached hydrogens (tertiary/aromatic N) is 3. The van der Waals surface area contributed by atoms with E-state index in [4.69, 9.17) is 0 Å². The summed E-state index contributed by atoms with van der Waals surface area (Å²) in [5.41, 5.74) is 0. The van der Waals surface area contributed by atoms with Crippen molar-refractivity contribution in [2.75, 3.05) is 14.1 Å². The monoisotopic (exact) mass is 159 g/mol. The van der Waals surface area contributed by atoms with Crippen LogP contribution in [0, 0.1) is 4.91 Å². The quantitative estimate of drug-likeness (QED) is 0.447. The maximum absolute atomic E-state index is 11.1. The number of hydrogen-bond acceptors (Lipinski definition) is 3. The van der Waals surface area contributed by atoms with Crippen molar-refractivity contribution in [3.63, 3.8) is 0 Å². The van der Waals surface area contributed by atoms with E-state index in [0.29, 0.717) is 0 Å². The summed E-state index contributed by atoms with van der Waals surface area (Å²) in [4.78, 5) is 22.4. The first kappa shape index (κ1) is 9.87. The first-order chi connectivity index (χ1) is 5.00. The molecule has 0 N–H and O–H groups in total. The highest BCUT2D eigenvalue weighted by Gasteiger charge is 2.16. The highest BCUT2D eigenvalue weighted by Crippen LogP contribution is 1.98. The topological polar surface area (TPSA) is 53.0 Å². The van der Waals surface area contributed by atoms with E-state index in [0.717, 1.165) is 5.01 Å². The molecule has 0 aliphatic heterocycles. The molecule has 0 heterocycles. The Hall–Kier alpha value is -1.13. The van der Waals surface area contributed by atoms with E-state index in [-0.39, 0.29) is 6.04 Å². The second-order valence-electron chi connectivity index (χ2n) is 2.59. The lowest BCUT2D eigenvalue weighted by molar-refractivity contribution is 0.163. The number of rotatable bonds is 2. The Morgan fingerprint density at radius 3 is 2.09 bits per heavy atom. The predicted octanol–water partition coefficient (Wildman–Crippen LogP) is 1.06. The summed E-state index contributed by atoms with van der Waals surface area (Å²) in [6, 6.07) is -0.318. The fraction of sp³-hybridized carbons (Fsp3) is 0.833. The maximum atomic E-state index is 11.1. The van der Waals surface area contributed by atoms with E-state index in [1.807, 2.05) is 13.8 Å². The van der Waals surface area contributed by atoms with Crippen LogP contribution in [-0.2, 0) is 0 Å². The van der Waals surface area contributed by atoms with Gasteiger partial charge in [0, 0.05) is 20.1 Å². The Labute approximate surface area is 65.9 Å². The summed E-state index contributed by atoms with van der Waals surface area (Å²) in [6.07, 6.45) is 0. The molecule has 0 bridgehead atoms. The Kier molecular flexibility index (Phi) is 3.50. The molecule has 0 aliphatic rings. The summed E-state index contributed by atoms with van der Waals surface area (Å²) < 4.78 is 0. The third-order valence-electron chi connectivity index (χ3n) is 1.48. The number of urea groups is 1. The first-order valence-corrected chi connectivity index (χ1v) is 3.34. The second kappa shape index (κ2) is 3.90. The fourth-order valence-corrected chi connectivity index (χ4v) is 0.484. The molecule has 0 aromatic heterocycles. The smallest absolute Gasteiger partial charge is 0.324 e. The van der Waals surface area contributed by atoms with Gasteiger partial charge in [-0.3, -0.25) is 0 Å². The molecule has 0 aromatic carbocycles. The van der Waals surface area contributed by atoms with E-state index in [1.165, 1.54) is 11.9 Å². The average molecular weight is 159 g/mol. The van der Waals surface area contributed by atoms with Gasteiger partial charge in [0.05, 0.1) is 5.29 Å². The first-order valence-electron chi connectivity index (χ1n) is 3.34. The van der Waals surface area contributed by atoms with E-state index in [9.17, 15) is 9.70 Å². The van der Waals surface area contributed by atoms with Crippen LogP contribution in [0.2, 0.25) is 0 Å².